The SMILES string of the molecule is CCC(C)N(C)C(=O)NC(=O)C(C)Cl. The Morgan fingerprint density at radius 1 is 1.43 bits per heavy atom. The van der Waals surface area contributed by atoms with Crippen molar-refractivity contribution in [2.45, 2.75) is 38.6 Å². The zero-order valence-corrected chi connectivity index (χ0v) is 9.76. The molecule has 4 nitrogen and oxygen atoms in total. The van der Waals surface area contributed by atoms with Gasteiger partial charge in [-0.15, -0.1) is 11.6 Å². The minimum atomic E-state index is -0.690. The number of alkyl halides is 1. The van der Waals surface area contributed by atoms with Gasteiger partial charge >= 0.3 is 6.03 Å². The normalized spacial score (nSPS) is 14.4. The first-order chi connectivity index (χ1) is 6.40. The van der Waals surface area contributed by atoms with Crippen LogP contribution in [0.1, 0.15) is 27.2 Å². The Kier molecular flexibility index (Phi) is 5.53. The molecule has 3 amide bonds. The van der Waals surface area contributed by atoms with Crippen molar-refractivity contribution in [2.75, 3.05) is 7.05 Å². The molecule has 0 saturated carbocycles. The Hall–Kier alpha value is -0.770. The number of carbonyl (C=O) groups is 2. The lowest BCUT2D eigenvalue weighted by Crippen LogP contribution is -2.46. The molecule has 82 valence electrons. The number of halogens is 1. The highest BCUT2D eigenvalue weighted by Crippen LogP contribution is 2.01. The highest BCUT2D eigenvalue weighted by molar-refractivity contribution is 6.31. The lowest BCUT2D eigenvalue weighted by molar-refractivity contribution is -0.119. The van der Waals surface area contributed by atoms with Gasteiger partial charge in [0, 0.05) is 13.1 Å². The second-order valence-corrected chi connectivity index (χ2v) is 3.93. The number of urea groups is 1. The molecule has 0 aliphatic heterocycles. The zero-order valence-electron chi connectivity index (χ0n) is 9.00. The summed E-state index contributed by atoms with van der Waals surface area (Å²) in [5.74, 6) is -0.466. The maximum Gasteiger partial charge on any atom is 0.324 e. The van der Waals surface area contributed by atoms with E-state index in [1.165, 1.54) is 11.8 Å². The van der Waals surface area contributed by atoms with Crippen molar-refractivity contribution < 1.29 is 9.59 Å². The average molecular weight is 221 g/mol. The third-order valence-corrected chi connectivity index (χ3v) is 2.36. The molecule has 0 radical (unpaired) electrons. The first-order valence-corrected chi connectivity index (χ1v) is 5.05. The molecular formula is C9H17ClN2O2. The van der Waals surface area contributed by atoms with Gasteiger partial charge in [-0.05, 0) is 20.3 Å². The van der Waals surface area contributed by atoms with Crippen molar-refractivity contribution in [1.82, 2.24) is 10.2 Å². The molecule has 0 bridgehead atoms. The quantitative estimate of drug-likeness (QED) is 0.735. The Bertz CT molecular complexity index is 219. The van der Waals surface area contributed by atoms with Gasteiger partial charge in [-0.25, -0.2) is 4.79 Å². The van der Waals surface area contributed by atoms with Crippen LogP contribution in [0, 0.1) is 0 Å². The molecule has 2 atom stereocenters. The van der Waals surface area contributed by atoms with Crippen LogP contribution in [-0.2, 0) is 4.79 Å². The zero-order chi connectivity index (χ0) is 11.3. The van der Waals surface area contributed by atoms with E-state index in [-0.39, 0.29) is 6.04 Å². The first kappa shape index (κ1) is 13.2. The van der Waals surface area contributed by atoms with Gasteiger partial charge in [-0.2, -0.15) is 0 Å². The van der Waals surface area contributed by atoms with Gasteiger partial charge < -0.3 is 4.90 Å². The summed E-state index contributed by atoms with van der Waals surface area (Å²) in [4.78, 5) is 24.0. The van der Waals surface area contributed by atoms with E-state index in [0.29, 0.717) is 0 Å². The molecule has 0 spiro atoms. The number of amides is 3. The van der Waals surface area contributed by atoms with Crippen LogP contribution in [0.25, 0.3) is 0 Å². The minimum absolute atomic E-state index is 0.105. The van der Waals surface area contributed by atoms with E-state index in [1.807, 2.05) is 13.8 Å². The molecule has 0 saturated heterocycles. The fourth-order valence-electron chi connectivity index (χ4n) is 0.767. The van der Waals surface area contributed by atoms with Crippen LogP contribution < -0.4 is 5.32 Å². The number of nitrogens with zero attached hydrogens (tertiary/aromatic N) is 1. The third kappa shape index (κ3) is 3.96. The van der Waals surface area contributed by atoms with Crippen LogP contribution in [0.2, 0.25) is 0 Å². The summed E-state index contributed by atoms with van der Waals surface area (Å²) < 4.78 is 0. The number of nitrogens with one attached hydrogen (secondary N) is 1. The summed E-state index contributed by atoms with van der Waals surface area (Å²) in [5, 5.41) is 1.52. The second kappa shape index (κ2) is 5.86. The van der Waals surface area contributed by atoms with Crippen molar-refractivity contribution >= 4 is 23.5 Å². The Morgan fingerprint density at radius 3 is 2.29 bits per heavy atom. The Labute approximate surface area is 89.6 Å². The van der Waals surface area contributed by atoms with E-state index in [2.05, 4.69) is 5.32 Å². The van der Waals surface area contributed by atoms with Crippen molar-refractivity contribution in [2.24, 2.45) is 0 Å². The molecule has 0 fully saturated rings. The van der Waals surface area contributed by atoms with Gasteiger partial charge in [0.25, 0.3) is 0 Å². The summed E-state index contributed by atoms with van der Waals surface area (Å²) in [6.45, 7) is 5.40. The molecule has 1 N–H and O–H groups in total. The summed E-state index contributed by atoms with van der Waals surface area (Å²) in [6.07, 6.45) is 0.842. The van der Waals surface area contributed by atoms with Gasteiger partial charge in [-0.3, -0.25) is 10.1 Å². The molecule has 14 heavy (non-hydrogen) atoms. The minimum Gasteiger partial charge on any atom is -0.325 e. The summed E-state index contributed by atoms with van der Waals surface area (Å²) >= 11 is 5.51. The average Bonchev–Trinajstić information content (AvgIpc) is 2.14. The maximum atomic E-state index is 11.4. The van der Waals surface area contributed by atoms with E-state index in [9.17, 15) is 9.59 Å². The Balaban J connectivity index is 4.15. The van der Waals surface area contributed by atoms with Crippen molar-refractivity contribution in [3.05, 3.63) is 0 Å². The van der Waals surface area contributed by atoms with Crippen LogP contribution in [0.4, 0.5) is 4.79 Å². The summed E-state index contributed by atoms with van der Waals surface area (Å²) in [6, 6.07) is -0.301. The standard InChI is InChI=1S/C9H17ClN2O2/c1-5-6(2)12(4)9(14)11-8(13)7(3)10/h6-7H,5H2,1-4H3,(H,11,13,14). The third-order valence-electron chi connectivity index (χ3n) is 2.16. The molecule has 0 heterocycles. The summed E-state index contributed by atoms with van der Waals surface area (Å²) in [5.41, 5.74) is 0. The van der Waals surface area contributed by atoms with Crippen LogP contribution >= 0.6 is 11.6 Å². The fourth-order valence-corrected chi connectivity index (χ4v) is 0.822. The lowest BCUT2D eigenvalue weighted by atomic mass is 10.2. The fraction of sp³-hybridized carbons (Fsp3) is 0.778. The molecule has 2 unspecified atom stereocenters. The highest BCUT2D eigenvalue weighted by Gasteiger charge is 2.18. The van der Waals surface area contributed by atoms with E-state index >= 15 is 0 Å². The maximum absolute atomic E-state index is 11.4. The van der Waals surface area contributed by atoms with Gasteiger partial charge in [0.1, 0.15) is 5.38 Å². The molecule has 0 aromatic rings. The second-order valence-electron chi connectivity index (χ2n) is 3.28. The van der Waals surface area contributed by atoms with Crippen LogP contribution in [0.15, 0.2) is 0 Å². The number of hydrogen-bond donors (Lipinski definition) is 1. The van der Waals surface area contributed by atoms with E-state index < -0.39 is 17.3 Å². The van der Waals surface area contributed by atoms with Crippen molar-refractivity contribution in [3.63, 3.8) is 0 Å². The van der Waals surface area contributed by atoms with Crippen LogP contribution in [0.5, 0.6) is 0 Å². The number of imide groups is 1. The molecule has 0 aliphatic carbocycles. The largest absolute Gasteiger partial charge is 0.325 e. The molecule has 0 aliphatic rings. The summed E-state index contributed by atoms with van der Waals surface area (Å²) in [7, 11) is 1.65. The van der Waals surface area contributed by atoms with E-state index in [4.69, 9.17) is 11.6 Å². The van der Waals surface area contributed by atoms with Crippen molar-refractivity contribution in [3.8, 4) is 0 Å². The first-order valence-electron chi connectivity index (χ1n) is 4.61. The number of rotatable bonds is 3. The van der Waals surface area contributed by atoms with E-state index in [0.717, 1.165) is 6.42 Å². The predicted molar refractivity (Wildman–Crippen MR) is 56.4 cm³/mol. The smallest absolute Gasteiger partial charge is 0.324 e. The number of hydrogen-bond acceptors (Lipinski definition) is 2. The van der Waals surface area contributed by atoms with Crippen LogP contribution in [0.3, 0.4) is 0 Å². The predicted octanol–water partition coefficient (Wildman–Crippen LogP) is 1.58. The topological polar surface area (TPSA) is 49.4 Å². The van der Waals surface area contributed by atoms with Crippen LogP contribution in [-0.4, -0.2) is 35.3 Å². The van der Waals surface area contributed by atoms with Gasteiger partial charge in [0.2, 0.25) is 5.91 Å². The molecule has 0 aromatic carbocycles. The number of carbonyl (C=O) groups excluding carboxylic acids is 2. The van der Waals surface area contributed by atoms with E-state index in [1.54, 1.807) is 7.05 Å². The Morgan fingerprint density at radius 2 is 1.93 bits per heavy atom. The van der Waals surface area contributed by atoms with Crippen molar-refractivity contribution in [1.29, 1.82) is 0 Å². The monoisotopic (exact) mass is 220 g/mol. The van der Waals surface area contributed by atoms with Gasteiger partial charge in [-0.1, -0.05) is 6.92 Å². The highest BCUT2D eigenvalue weighted by atomic mass is 35.5. The molecule has 5 heteroatoms. The molecular weight excluding hydrogens is 204 g/mol. The van der Waals surface area contributed by atoms with Gasteiger partial charge in [0.05, 0.1) is 0 Å². The molecule has 0 rings (SSSR count). The lowest BCUT2D eigenvalue weighted by Gasteiger charge is -2.23. The molecule has 0 aromatic heterocycles. The van der Waals surface area contributed by atoms with Gasteiger partial charge in [0.15, 0.2) is 0 Å².